The van der Waals surface area contributed by atoms with Crippen LogP contribution in [0.4, 0.5) is 0 Å². The van der Waals surface area contributed by atoms with Crippen LogP contribution in [0.1, 0.15) is 0 Å². The Morgan fingerprint density at radius 1 is 1.33 bits per heavy atom. The fourth-order valence-corrected chi connectivity index (χ4v) is 0.372. The first-order chi connectivity index (χ1) is 3.00. The monoisotopic (exact) mass is 78.1 g/mol. The normalized spacial score (nSPS) is 8.00. The second kappa shape index (κ2) is 1.70. The van der Waals surface area contributed by atoms with Crippen molar-refractivity contribution in [1.82, 2.24) is 4.89 Å². The summed E-state index contributed by atoms with van der Waals surface area (Å²) >= 11 is 0. The van der Waals surface area contributed by atoms with Gasteiger partial charge >= 0.3 is 0 Å². The third-order valence-corrected chi connectivity index (χ3v) is 0.649. The van der Waals surface area contributed by atoms with Gasteiger partial charge in [0.15, 0.2) is 0 Å². The highest BCUT2D eigenvalue weighted by molar-refractivity contribution is 6.19. The van der Waals surface area contributed by atoms with Gasteiger partial charge in [0.05, 0.1) is 0 Å². The lowest BCUT2D eigenvalue weighted by Gasteiger charge is -1.82. The zero-order valence-electron chi connectivity index (χ0n) is 3.46. The predicted molar refractivity (Wildman–Crippen MR) is 27.0 cm³/mol. The molecule has 0 saturated heterocycles. The largest absolute Gasteiger partial charge is 0.529 e. The third-order valence-electron chi connectivity index (χ3n) is 0.649. The minimum atomic E-state index is 0.858. The molecule has 0 spiro atoms. The fourth-order valence-electron chi connectivity index (χ4n) is 0.372. The van der Waals surface area contributed by atoms with Crippen LogP contribution in [0.15, 0.2) is 24.3 Å². The molecule has 30 valence electrons. The van der Waals surface area contributed by atoms with Crippen molar-refractivity contribution >= 4 is 7.05 Å². The Kier molecular flexibility index (Phi) is 1.00. The lowest BCUT2D eigenvalue weighted by Crippen LogP contribution is -1.71. The molecular formula is C4H5BN-. The minimum Gasteiger partial charge on any atom is -0.529 e. The maximum Gasteiger partial charge on any atom is -0.0273 e. The molecule has 0 aliphatic heterocycles. The highest BCUT2D eigenvalue weighted by Gasteiger charge is 1.48. The van der Waals surface area contributed by atoms with E-state index in [9.17, 15) is 0 Å². The Balaban J connectivity index is 3.00. The van der Waals surface area contributed by atoms with Crippen molar-refractivity contribution in [2.45, 2.75) is 0 Å². The molecule has 0 aromatic carbocycles. The Labute approximate surface area is 37.3 Å². The summed E-state index contributed by atoms with van der Waals surface area (Å²) in [4.78, 5) is 3.91. The van der Waals surface area contributed by atoms with Crippen molar-refractivity contribution in [3.63, 3.8) is 0 Å². The van der Waals surface area contributed by atoms with E-state index in [1.807, 2.05) is 18.1 Å². The van der Waals surface area contributed by atoms with Crippen LogP contribution in [-0.2, 0) is 0 Å². The molecule has 0 saturated carbocycles. The highest BCUT2D eigenvalue weighted by atomic mass is 14.5. The van der Waals surface area contributed by atoms with Gasteiger partial charge in [-0.15, -0.1) is 6.07 Å². The van der Waals surface area contributed by atoms with Gasteiger partial charge in [0.25, 0.3) is 0 Å². The molecule has 6 heavy (non-hydrogen) atoms. The average molecular weight is 77.9 g/mol. The van der Waals surface area contributed by atoms with Crippen molar-refractivity contribution in [2.75, 3.05) is 0 Å². The van der Waals surface area contributed by atoms with Gasteiger partial charge in [-0.2, -0.15) is 0 Å². The third kappa shape index (κ3) is 0.644. The number of hydrogen-bond donors (Lipinski definition) is 0. The van der Waals surface area contributed by atoms with E-state index >= 15 is 0 Å². The van der Waals surface area contributed by atoms with Crippen LogP contribution >= 0.6 is 0 Å². The molecule has 0 aliphatic carbocycles. The summed E-state index contributed by atoms with van der Waals surface area (Å²) in [6, 6.07) is 3.91. The van der Waals surface area contributed by atoms with Gasteiger partial charge in [-0.3, -0.25) is 0 Å². The van der Waals surface area contributed by atoms with E-state index in [0.29, 0.717) is 0 Å². The summed E-state index contributed by atoms with van der Waals surface area (Å²) in [5.74, 6) is 2.01. The van der Waals surface area contributed by atoms with Crippen LogP contribution in [-0.4, -0.2) is 11.9 Å². The molecule has 0 N–H and O–H groups in total. The molecule has 0 aliphatic rings. The smallest absolute Gasteiger partial charge is 0.0273 e. The molecule has 1 aromatic rings. The van der Waals surface area contributed by atoms with Crippen LogP contribution in [0.3, 0.4) is 0 Å². The molecule has 0 atom stereocenters. The van der Waals surface area contributed by atoms with Gasteiger partial charge in [-0.05, 0) is 13.2 Å². The summed E-state index contributed by atoms with van der Waals surface area (Å²) < 4.78 is 0. The molecule has 2 heteroatoms. The topological polar surface area (TPSA) is 12.9 Å². The van der Waals surface area contributed by atoms with Crippen LogP contribution in [0, 0.1) is 0 Å². The minimum absolute atomic E-state index is 0.858. The first-order valence-electron chi connectivity index (χ1n) is 1.98. The van der Waals surface area contributed by atoms with Crippen LogP contribution < -0.4 is 0 Å². The van der Waals surface area contributed by atoms with Crippen LogP contribution in [0.5, 0.6) is 0 Å². The second-order valence-electron chi connectivity index (χ2n) is 1.13. The molecule has 0 bridgehead atoms. The Bertz CT molecular complexity index is 79.5. The van der Waals surface area contributed by atoms with Gasteiger partial charge in [0.1, 0.15) is 0 Å². The zero-order valence-corrected chi connectivity index (χ0v) is 3.46. The maximum atomic E-state index is 3.91. The number of aromatic nitrogens is 1. The van der Waals surface area contributed by atoms with Crippen molar-refractivity contribution in [2.24, 2.45) is 0 Å². The Morgan fingerprint density at radius 2 is 2.33 bits per heavy atom. The lowest BCUT2D eigenvalue weighted by atomic mass is 10.1. The number of hydrogen-bond acceptors (Lipinski definition) is 1. The van der Waals surface area contributed by atoms with Crippen LogP contribution in [0.2, 0.25) is 0 Å². The number of nitrogens with zero attached hydrogens (tertiary/aromatic N) is 1. The van der Waals surface area contributed by atoms with E-state index in [1.54, 1.807) is 6.20 Å². The van der Waals surface area contributed by atoms with Crippen molar-refractivity contribution in [1.29, 1.82) is 0 Å². The van der Waals surface area contributed by atoms with Gasteiger partial charge in [0.2, 0.25) is 0 Å². The van der Waals surface area contributed by atoms with E-state index in [-0.39, 0.29) is 0 Å². The fraction of sp³-hybridized carbons (Fsp3) is 0. The molecule has 1 nitrogen and oxygen atoms in total. The highest BCUT2D eigenvalue weighted by Crippen LogP contribution is 1.67. The van der Waals surface area contributed by atoms with Crippen molar-refractivity contribution < 1.29 is 0 Å². The van der Waals surface area contributed by atoms with E-state index in [1.165, 1.54) is 0 Å². The summed E-state index contributed by atoms with van der Waals surface area (Å²) in [6.07, 6.45) is 1.81. The van der Waals surface area contributed by atoms with Gasteiger partial charge in [-0.25, -0.2) is 5.96 Å². The van der Waals surface area contributed by atoms with E-state index in [0.717, 1.165) is 7.05 Å². The molecule has 0 amide bonds. The van der Waals surface area contributed by atoms with Gasteiger partial charge in [0, 0.05) is 0 Å². The lowest BCUT2D eigenvalue weighted by molar-refractivity contribution is 1.51. The van der Waals surface area contributed by atoms with Crippen LogP contribution in [0.25, 0.3) is 0 Å². The second-order valence-corrected chi connectivity index (χ2v) is 1.13. The van der Waals surface area contributed by atoms with Crippen molar-refractivity contribution in [3.05, 3.63) is 24.3 Å². The summed E-state index contributed by atoms with van der Waals surface area (Å²) in [5.41, 5.74) is 0. The SMILES string of the molecule is [bH-]1ccccn1. The summed E-state index contributed by atoms with van der Waals surface area (Å²) in [6.45, 7) is 0. The molecular weight excluding hydrogens is 72.9 g/mol. The van der Waals surface area contributed by atoms with E-state index in [4.69, 9.17) is 0 Å². The van der Waals surface area contributed by atoms with Crippen molar-refractivity contribution in [3.8, 4) is 0 Å². The first kappa shape index (κ1) is 3.53. The Morgan fingerprint density at radius 3 is 2.50 bits per heavy atom. The molecule has 0 radical (unpaired) electrons. The van der Waals surface area contributed by atoms with E-state index in [2.05, 4.69) is 4.89 Å². The molecule has 1 aromatic heterocycles. The molecule has 1 rings (SSSR count). The quantitative estimate of drug-likeness (QED) is 0.430. The summed E-state index contributed by atoms with van der Waals surface area (Å²) in [5, 5.41) is 0. The maximum absolute atomic E-state index is 3.91. The molecule has 1 heterocycles. The van der Waals surface area contributed by atoms with Gasteiger partial charge < -0.3 is 4.89 Å². The van der Waals surface area contributed by atoms with E-state index < -0.39 is 0 Å². The predicted octanol–water partition coefficient (Wildman–Crippen LogP) is 0.152. The first-order valence-corrected chi connectivity index (χ1v) is 1.98. The zero-order chi connectivity index (χ0) is 4.24. The average Bonchev–Trinajstić information content (AvgIpc) is 1.72. The summed E-state index contributed by atoms with van der Waals surface area (Å²) in [7, 11) is 0.858. The Hall–Kier alpha value is -0.655. The number of rotatable bonds is 0. The molecule has 0 unspecified atom stereocenters. The van der Waals surface area contributed by atoms with Gasteiger partial charge in [-0.1, -0.05) is 6.07 Å². The standard InChI is InChI=1S/C4H5BN/c1-2-4-6-5-3-1/h1-5H/q-1. The molecule has 0 fully saturated rings.